The zero-order valence-corrected chi connectivity index (χ0v) is 9.89. The average molecular weight is 202 g/mol. The van der Waals surface area contributed by atoms with Crippen molar-refractivity contribution in [2.45, 2.75) is 58.9 Å². The van der Waals surface area contributed by atoms with E-state index in [2.05, 4.69) is 26.1 Å². The molecule has 2 nitrogen and oxygen atoms in total. The number of hydrogen-bond donors (Lipinski definition) is 2. The van der Waals surface area contributed by atoms with E-state index in [4.69, 9.17) is 5.73 Å². The van der Waals surface area contributed by atoms with Crippen molar-refractivity contribution in [1.82, 2.24) is 5.32 Å². The summed E-state index contributed by atoms with van der Waals surface area (Å²) in [7, 11) is 0. The van der Waals surface area contributed by atoms with Crippen LogP contribution in [0.15, 0.2) is 0 Å². The molecule has 1 fully saturated rings. The third kappa shape index (κ3) is 1.68. The van der Waals surface area contributed by atoms with E-state index in [9.17, 15) is 4.39 Å². The van der Waals surface area contributed by atoms with Gasteiger partial charge in [-0.15, -0.1) is 0 Å². The molecule has 0 aliphatic carbocycles. The number of rotatable bonds is 0. The third-order valence-electron chi connectivity index (χ3n) is 4.51. The minimum Gasteiger partial charge on any atom is -0.324 e. The summed E-state index contributed by atoms with van der Waals surface area (Å²) < 4.78 is 13.5. The summed E-state index contributed by atoms with van der Waals surface area (Å²) in [6.07, 6.45) is -0.380. The molecule has 14 heavy (non-hydrogen) atoms. The van der Waals surface area contributed by atoms with E-state index in [0.717, 1.165) is 0 Å². The molecule has 0 spiro atoms. The Morgan fingerprint density at radius 2 is 1.79 bits per heavy atom. The predicted molar refractivity (Wildman–Crippen MR) is 57.6 cm³/mol. The van der Waals surface area contributed by atoms with Crippen molar-refractivity contribution in [3.63, 3.8) is 0 Å². The smallest absolute Gasteiger partial charge is 0.151 e. The number of hydrogen-bond acceptors (Lipinski definition) is 2. The summed E-state index contributed by atoms with van der Waals surface area (Å²) in [5.74, 6) is 0.282. The van der Waals surface area contributed by atoms with Crippen LogP contribution < -0.4 is 11.1 Å². The molecule has 3 N–H and O–H groups in total. The lowest BCUT2D eigenvalue weighted by Gasteiger charge is -2.46. The first-order valence-corrected chi connectivity index (χ1v) is 5.38. The lowest BCUT2D eigenvalue weighted by atomic mass is 9.63. The molecule has 3 heteroatoms. The fourth-order valence-corrected chi connectivity index (χ4v) is 2.21. The molecule has 1 saturated heterocycles. The van der Waals surface area contributed by atoms with Gasteiger partial charge in [0.15, 0.2) is 6.30 Å². The molecule has 4 atom stereocenters. The summed E-state index contributed by atoms with van der Waals surface area (Å²) in [5, 5.41) is 2.93. The molecular weight excluding hydrogens is 179 g/mol. The highest BCUT2D eigenvalue weighted by molar-refractivity contribution is 5.05. The highest BCUT2D eigenvalue weighted by atomic mass is 19.1. The summed E-state index contributed by atoms with van der Waals surface area (Å²) in [5.41, 5.74) is 5.89. The van der Waals surface area contributed by atoms with Crippen LogP contribution in [0.1, 0.15) is 41.0 Å². The van der Waals surface area contributed by atoms with Crippen LogP contribution in [-0.4, -0.2) is 17.9 Å². The number of nitrogens with one attached hydrogen (secondary N) is 1. The molecule has 84 valence electrons. The maximum absolute atomic E-state index is 13.5. The van der Waals surface area contributed by atoms with Crippen LogP contribution >= 0.6 is 0 Å². The first-order valence-electron chi connectivity index (χ1n) is 5.38. The van der Waals surface area contributed by atoms with Crippen LogP contribution in [0.4, 0.5) is 4.39 Å². The zero-order chi connectivity index (χ0) is 11.1. The molecule has 4 unspecified atom stereocenters. The molecular formula is C11H23FN2. The Morgan fingerprint density at radius 3 is 2.29 bits per heavy atom. The van der Waals surface area contributed by atoms with Crippen LogP contribution in [0.5, 0.6) is 0 Å². The van der Waals surface area contributed by atoms with Crippen molar-refractivity contribution in [2.75, 3.05) is 0 Å². The predicted octanol–water partition coefficient (Wildman–Crippen LogP) is 2.04. The molecule has 0 aromatic rings. The van der Waals surface area contributed by atoms with Gasteiger partial charge in [0.2, 0.25) is 0 Å². The summed E-state index contributed by atoms with van der Waals surface area (Å²) in [6.45, 7) is 10.3. The monoisotopic (exact) mass is 202 g/mol. The van der Waals surface area contributed by atoms with Gasteiger partial charge in [-0.2, -0.15) is 0 Å². The second-order valence-corrected chi connectivity index (χ2v) is 5.50. The molecule has 0 aromatic heterocycles. The van der Waals surface area contributed by atoms with Crippen LogP contribution in [0.2, 0.25) is 0 Å². The van der Waals surface area contributed by atoms with Gasteiger partial charge in [0.1, 0.15) is 0 Å². The van der Waals surface area contributed by atoms with Gasteiger partial charge in [0.25, 0.3) is 0 Å². The lowest BCUT2D eigenvalue weighted by Crippen LogP contribution is -2.62. The van der Waals surface area contributed by atoms with Crippen molar-refractivity contribution < 1.29 is 4.39 Å². The number of alkyl halides is 1. The molecule has 0 saturated carbocycles. The fraction of sp³-hybridized carbons (Fsp3) is 1.00. The minimum absolute atomic E-state index is 0.00236. The van der Waals surface area contributed by atoms with E-state index < -0.39 is 6.30 Å². The van der Waals surface area contributed by atoms with Gasteiger partial charge < -0.3 is 5.73 Å². The Bertz CT molecular complexity index is 191. The van der Waals surface area contributed by atoms with Crippen molar-refractivity contribution in [1.29, 1.82) is 0 Å². The molecule has 1 heterocycles. The van der Waals surface area contributed by atoms with Crippen LogP contribution in [0, 0.1) is 11.3 Å². The summed E-state index contributed by atoms with van der Waals surface area (Å²) in [4.78, 5) is 0. The quantitative estimate of drug-likeness (QED) is 0.590. The van der Waals surface area contributed by atoms with Gasteiger partial charge in [-0.3, -0.25) is 5.32 Å². The van der Waals surface area contributed by atoms with Gasteiger partial charge in [-0.1, -0.05) is 20.8 Å². The van der Waals surface area contributed by atoms with E-state index in [1.54, 1.807) is 0 Å². The molecule has 0 aromatic carbocycles. The lowest BCUT2D eigenvalue weighted by molar-refractivity contribution is 0.0951. The standard InChI is InChI=1S/C11H23FN2/c1-7-6-9(12)14-8(2)11(5,13)10(7,3)4/h7-9,14H,6,13H2,1-5H3. The molecule has 1 aliphatic heterocycles. The molecule has 0 radical (unpaired) electrons. The van der Waals surface area contributed by atoms with E-state index in [-0.39, 0.29) is 22.9 Å². The maximum atomic E-state index is 13.5. The first-order chi connectivity index (χ1) is 6.19. The third-order valence-corrected chi connectivity index (χ3v) is 4.51. The zero-order valence-electron chi connectivity index (χ0n) is 9.89. The Morgan fingerprint density at radius 1 is 1.29 bits per heavy atom. The highest BCUT2D eigenvalue weighted by Crippen LogP contribution is 2.42. The Balaban J connectivity index is 3.03. The maximum Gasteiger partial charge on any atom is 0.151 e. The van der Waals surface area contributed by atoms with Crippen LogP contribution in [0.3, 0.4) is 0 Å². The number of nitrogens with two attached hydrogens (primary N) is 1. The largest absolute Gasteiger partial charge is 0.324 e. The van der Waals surface area contributed by atoms with Crippen molar-refractivity contribution in [3.05, 3.63) is 0 Å². The summed E-state index contributed by atoms with van der Waals surface area (Å²) in [6, 6.07) is -0.00236. The minimum atomic E-state index is -0.926. The van der Waals surface area contributed by atoms with E-state index in [1.165, 1.54) is 0 Å². The number of halogens is 1. The Labute approximate surface area is 86.4 Å². The van der Waals surface area contributed by atoms with Gasteiger partial charge in [-0.05, 0) is 31.6 Å². The molecule has 0 amide bonds. The Hall–Kier alpha value is -0.150. The second-order valence-electron chi connectivity index (χ2n) is 5.50. The molecule has 1 aliphatic rings. The topological polar surface area (TPSA) is 38.0 Å². The van der Waals surface area contributed by atoms with Crippen molar-refractivity contribution >= 4 is 0 Å². The van der Waals surface area contributed by atoms with E-state index in [0.29, 0.717) is 6.42 Å². The van der Waals surface area contributed by atoms with Crippen molar-refractivity contribution in [3.8, 4) is 0 Å². The van der Waals surface area contributed by atoms with Gasteiger partial charge >= 0.3 is 0 Å². The highest BCUT2D eigenvalue weighted by Gasteiger charge is 2.48. The average Bonchev–Trinajstić information content (AvgIpc) is 2.05. The van der Waals surface area contributed by atoms with Gasteiger partial charge in [0, 0.05) is 11.6 Å². The van der Waals surface area contributed by atoms with E-state index >= 15 is 0 Å². The fourth-order valence-electron chi connectivity index (χ4n) is 2.21. The van der Waals surface area contributed by atoms with Gasteiger partial charge in [-0.25, -0.2) is 4.39 Å². The normalized spacial score (nSPS) is 48.6. The first kappa shape index (κ1) is 11.9. The second kappa shape index (κ2) is 3.46. The SMILES string of the molecule is CC1CC(F)NC(C)C(C)(N)C1(C)C. The Kier molecular flexibility index (Phi) is 2.94. The van der Waals surface area contributed by atoms with Crippen LogP contribution in [-0.2, 0) is 0 Å². The van der Waals surface area contributed by atoms with E-state index in [1.807, 2.05) is 13.8 Å². The van der Waals surface area contributed by atoms with Crippen molar-refractivity contribution in [2.24, 2.45) is 17.1 Å². The molecule has 1 rings (SSSR count). The molecule has 0 bridgehead atoms. The summed E-state index contributed by atoms with van der Waals surface area (Å²) >= 11 is 0. The van der Waals surface area contributed by atoms with Crippen LogP contribution in [0.25, 0.3) is 0 Å². The van der Waals surface area contributed by atoms with Gasteiger partial charge in [0.05, 0.1) is 0 Å².